The number of carbonyl (C=O) groups excluding carboxylic acids is 1. The van der Waals surface area contributed by atoms with E-state index in [0.717, 1.165) is 5.56 Å². The van der Waals surface area contributed by atoms with Crippen LogP contribution in [0.4, 0.5) is 5.69 Å². The fourth-order valence-electron chi connectivity index (χ4n) is 2.61. The summed E-state index contributed by atoms with van der Waals surface area (Å²) >= 11 is 0. The molecule has 6 heteroatoms. The molecule has 0 saturated carbocycles. The Hall–Kier alpha value is -1.95. The number of hydrogen-bond donors (Lipinski definition) is 1. The molecule has 6 nitrogen and oxygen atoms in total. The zero-order valence-corrected chi connectivity index (χ0v) is 14.0. The van der Waals surface area contributed by atoms with Crippen LogP contribution in [-0.4, -0.2) is 50.3 Å². The van der Waals surface area contributed by atoms with Crippen molar-refractivity contribution in [3.05, 3.63) is 17.7 Å². The number of nitrogens with two attached hydrogens (primary N) is 1. The number of amides is 1. The van der Waals surface area contributed by atoms with Crippen LogP contribution in [0.2, 0.25) is 0 Å². The van der Waals surface area contributed by atoms with Gasteiger partial charge in [-0.1, -0.05) is 0 Å². The lowest BCUT2D eigenvalue weighted by atomic mass is 10.1. The molecule has 0 bridgehead atoms. The van der Waals surface area contributed by atoms with E-state index in [1.54, 1.807) is 0 Å². The molecule has 0 aromatic heterocycles. The Morgan fingerprint density at radius 3 is 2.57 bits per heavy atom. The van der Waals surface area contributed by atoms with E-state index >= 15 is 0 Å². The third-order valence-corrected chi connectivity index (χ3v) is 3.72. The highest BCUT2D eigenvalue weighted by atomic mass is 16.5. The third-order valence-electron chi connectivity index (χ3n) is 3.72. The van der Waals surface area contributed by atoms with Crippen LogP contribution in [-0.2, 0) is 16.0 Å². The van der Waals surface area contributed by atoms with Crippen molar-refractivity contribution in [1.82, 2.24) is 4.90 Å². The summed E-state index contributed by atoms with van der Waals surface area (Å²) < 4.78 is 16.4. The van der Waals surface area contributed by atoms with Crippen LogP contribution in [0.25, 0.3) is 0 Å². The molecule has 1 heterocycles. The highest BCUT2D eigenvalue weighted by Crippen LogP contribution is 2.35. The van der Waals surface area contributed by atoms with Crippen LogP contribution < -0.4 is 15.2 Å². The summed E-state index contributed by atoms with van der Waals surface area (Å²) in [6.07, 6.45) is 1.09. The molecular formula is C17H26N2O4. The molecule has 128 valence electrons. The maximum atomic E-state index is 12.2. The Bertz CT molecular complexity index is 528. The average molecular weight is 322 g/mol. The Labute approximate surface area is 137 Å². The number of ether oxygens (including phenoxy) is 3. The molecule has 23 heavy (non-hydrogen) atoms. The molecule has 0 radical (unpaired) electrons. The lowest BCUT2D eigenvalue weighted by molar-refractivity contribution is -0.135. The first-order valence-corrected chi connectivity index (χ1v) is 8.19. The topological polar surface area (TPSA) is 74.0 Å². The van der Waals surface area contributed by atoms with Crippen molar-refractivity contribution in [2.75, 3.05) is 45.3 Å². The first-order chi connectivity index (χ1) is 11.2. The predicted octanol–water partition coefficient (Wildman–Crippen LogP) is 1.86. The lowest BCUT2D eigenvalue weighted by Crippen LogP contribution is -2.40. The SMILES string of the molecule is CCOc1cc(CCC(=O)N2CCOCC2)cc(N)c1OCC. The van der Waals surface area contributed by atoms with E-state index in [1.165, 1.54) is 0 Å². The van der Waals surface area contributed by atoms with Gasteiger partial charge in [0.25, 0.3) is 0 Å². The van der Waals surface area contributed by atoms with Crippen molar-refractivity contribution in [1.29, 1.82) is 0 Å². The van der Waals surface area contributed by atoms with Crippen LogP contribution in [0.3, 0.4) is 0 Å². The number of rotatable bonds is 7. The van der Waals surface area contributed by atoms with E-state index in [1.807, 2.05) is 30.9 Å². The van der Waals surface area contributed by atoms with Crippen molar-refractivity contribution in [2.45, 2.75) is 26.7 Å². The van der Waals surface area contributed by atoms with Crippen LogP contribution in [0.5, 0.6) is 11.5 Å². The molecule has 2 rings (SSSR count). The second kappa shape index (κ2) is 8.62. The average Bonchev–Trinajstić information content (AvgIpc) is 2.57. The van der Waals surface area contributed by atoms with E-state index in [0.29, 0.717) is 69.5 Å². The van der Waals surface area contributed by atoms with Gasteiger partial charge < -0.3 is 24.8 Å². The standard InChI is InChI=1S/C17H26N2O4/c1-3-22-15-12-13(11-14(18)17(15)23-4-2)5-6-16(20)19-7-9-21-10-8-19/h11-12H,3-10,18H2,1-2H3. The number of morpholine rings is 1. The second-order valence-electron chi connectivity index (χ2n) is 5.37. The summed E-state index contributed by atoms with van der Waals surface area (Å²) in [5.74, 6) is 1.37. The van der Waals surface area contributed by atoms with E-state index in [4.69, 9.17) is 19.9 Å². The maximum Gasteiger partial charge on any atom is 0.223 e. The van der Waals surface area contributed by atoms with Crippen LogP contribution in [0, 0.1) is 0 Å². The van der Waals surface area contributed by atoms with Gasteiger partial charge in [-0.25, -0.2) is 0 Å². The molecule has 1 aromatic carbocycles. The Kier molecular flexibility index (Phi) is 6.52. The number of carbonyl (C=O) groups is 1. The first-order valence-electron chi connectivity index (χ1n) is 8.19. The van der Waals surface area contributed by atoms with Gasteiger partial charge >= 0.3 is 0 Å². The summed E-state index contributed by atoms with van der Waals surface area (Å²) in [5, 5.41) is 0. The molecule has 1 aliphatic rings. The fraction of sp³-hybridized carbons (Fsp3) is 0.588. The van der Waals surface area contributed by atoms with Crippen LogP contribution in [0.15, 0.2) is 12.1 Å². The Morgan fingerprint density at radius 2 is 1.91 bits per heavy atom. The molecule has 1 amide bonds. The van der Waals surface area contributed by atoms with Gasteiger partial charge in [0.2, 0.25) is 5.91 Å². The summed E-state index contributed by atoms with van der Waals surface area (Å²) in [4.78, 5) is 14.1. The largest absolute Gasteiger partial charge is 0.490 e. The molecule has 0 spiro atoms. The van der Waals surface area contributed by atoms with Crippen molar-refractivity contribution < 1.29 is 19.0 Å². The second-order valence-corrected chi connectivity index (χ2v) is 5.37. The van der Waals surface area contributed by atoms with E-state index < -0.39 is 0 Å². The monoisotopic (exact) mass is 322 g/mol. The van der Waals surface area contributed by atoms with Gasteiger partial charge in [0.1, 0.15) is 0 Å². The number of anilines is 1. The number of benzene rings is 1. The van der Waals surface area contributed by atoms with E-state index in [2.05, 4.69) is 0 Å². The quantitative estimate of drug-likeness (QED) is 0.776. The maximum absolute atomic E-state index is 12.2. The molecule has 1 aromatic rings. The number of aryl methyl sites for hydroxylation is 1. The van der Waals surface area contributed by atoms with Crippen LogP contribution in [0.1, 0.15) is 25.8 Å². The molecular weight excluding hydrogens is 296 g/mol. The number of nitrogens with zero attached hydrogens (tertiary/aromatic N) is 1. The molecule has 1 saturated heterocycles. The highest BCUT2D eigenvalue weighted by molar-refractivity contribution is 5.76. The van der Waals surface area contributed by atoms with Crippen LogP contribution >= 0.6 is 0 Å². The summed E-state index contributed by atoms with van der Waals surface area (Å²) in [5.41, 5.74) is 7.60. The molecule has 2 N–H and O–H groups in total. The Balaban J connectivity index is 2.02. The lowest BCUT2D eigenvalue weighted by Gasteiger charge is -2.26. The Morgan fingerprint density at radius 1 is 1.22 bits per heavy atom. The summed E-state index contributed by atoms with van der Waals surface area (Å²) in [6.45, 7) is 7.48. The molecule has 0 unspecified atom stereocenters. The minimum Gasteiger partial charge on any atom is -0.490 e. The normalized spacial score (nSPS) is 14.6. The van der Waals surface area contributed by atoms with Gasteiger partial charge in [-0.15, -0.1) is 0 Å². The molecule has 1 aliphatic heterocycles. The zero-order valence-electron chi connectivity index (χ0n) is 14.0. The summed E-state index contributed by atoms with van der Waals surface area (Å²) in [7, 11) is 0. The highest BCUT2D eigenvalue weighted by Gasteiger charge is 2.17. The first kappa shape index (κ1) is 17.4. The van der Waals surface area contributed by atoms with Gasteiger partial charge in [0.15, 0.2) is 11.5 Å². The van der Waals surface area contributed by atoms with Gasteiger partial charge in [-0.2, -0.15) is 0 Å². The van der Waals surface area contributed by atoms with Crippen molar-refractivity contribution >= 4 is 11.6 Å². The summed E-state index contributed by atoms with van der Waals surface area (Å²) in [6, 6.07) is 3.78. The predicted molar refractivity (Wildman–Crippen MR) is 88.9 cm³/mol. The minimum atomic E-state index is 0.152. The van der Waals surface area contributed by atoms with Gasteiger partial charge in [-0.3, -0.25) is 4.79 Å². The number of hydrogen-bond acceptors (Lipinski definition) is 5. The minimum absolute atomic E-state index is 0.152. The molecule has 0 aliphatic carbocycles. The van der Waals surface area contributed by atoms with Crippen molar-refractivity contribution in [3.8, 4) is 11.5 Å². The van der Waals surface area contributed by atoms with Crippen molar-refractivity contribution in [2.24, 2.45) is 0 Å². The molecule has 1 fully saturated rings. The van der Waals surface area contributed by atoms with Crippen molar-refractivity contribution in [3.63, 3.8) is 0 Å². The molecule has 0 atom stereocenters. The third kappa shape index (κ3) is 4.76. The fourth-order valence-corrected chi connectivity index (χ4v) is 2.61. The zero-order chi connectivity index (χ0) is 16.7. The van der Waals surface area contributed by atoms with Gasteiger partial charge in [-0.05, 0) is 38.0 Å². The van der Waals surface area contributed by atoms with E-state index in [-0.39, 0.29) is 5.91 Å². The van der Waals surface area contributed by atoms with E-state index in [9.17, 15) is 4.79 Å². The van der Waals surface area contributed by atoms with Gasteiger partial charge in [0, 0.05) is 19.5 Å². The smallest absolute Gasteiger partial charge is 0.223 e. The van der Waals surface area contributed by atoms with Gasteiger partial charge in [0.05, 0.1) is 32.1 Å². The number of nitrogen functional groups attached to an aromatic ring is 1.